The molecule has 0 aromatic rings. The maximum atomic E-state index is 12.4. The zero-order chi connectivity index (χ0) is 56.2. The van der Waals surface area contributed by atoms with E-state index in [1.54, 1.807) is 0 Å². The Labute approximate surface area is 490 Å². The van der Waals surface area contributed by atoms with E-state index in [9.17, 15) is 14.7 Å². The van der Waals surface area contributed by atoms with E-state index >= 15 is 0 Å². The molecule has 0 aromatic carbocycles. The van der Waals surface area contributed by atoms with Gasteiger partial charge in [-0.2, -0.15) is 0 Å². The summed E-state index contributed by atoms with van der Waals surface area (Å²) in [6, 6.07) is 0. The van der Waals surface area contributed by atoms with Gasteiger partial charge in [0.1, 0.15) is 6.61 Å². The highest BCUT2D eigenvalue weighted by molar-refractivity contribution is 5.70. The lowest BCUT2D eigenvalue weighted by atomic mass is 10.0. The molecule has 78 heavy (non-hydrogen) atoms. The SMILES string of the molecule is CCCCCCCCCCCCCCCCCCCCCCCCCCCCCCCCCCCC(=O)OC(CO)COC(=O)CCCCCCCCCCCCCCCCCCCCCCCCCCCCCCCCC. The average molecular weight is 1100 g/mol. The first-order valence-electron chi connectivity index (χ1n) is 36.6. The second-order valence-corrected chi connectivity index (χ2v) is 25.4. The Morgan fingerprint density at radius 2 is 0.397 bits per heavy atom. The van der Waals surface area contributed by atoms with Crippen LogP contribution in [0.4, 0.5) is 0 Å². The number of aliphatic hydroxyl groups excluding tert-OH is 1. The summed E-state index contributed by atoms with van der Waals surface area (Å²) in [5, 5.41) is 9.71. The predicted molar refractivity (Wildman–Crippen MR) is 344 cm³/mol. The minimum atomic E-state index is -0.766. The molecule has 466 valence electrons. The van der Waals surface area contributed by atoms with Crippen LogP contribution in [0.1, 0.15) is 438 Å². The molecule has 0 aliphatic carbocycles. The van der Waals surface area contributed by atoms with E-state index in [2.05, 4.69) is 13.8 Å². The van der Waals surface area contributed by atoms with E-state index in [0.717, 1.165) is 32.1 Å². The molecule has 1 N–H and O–H groups in total. The van der Waals surface area contributed by atoms with Crippen LogP contribution in [0.15, 0.2) is 0 Å². The average Bonchev–Trinajstić information content (AvgIpc) is 3.44. The van der Waals surface area contributed by atoms with Gasteiger partial charge in [-0.15, -0.1) is 0 Å². The van der Waals surface area contributed by atoms with Crippen LogP contribution < -0.4 is 0 Å². The monoisotopic (exact) mass is 1100 g/mol. The predicted octanol–water partition coefficient (Wildman–Crippen LogP) is 25.2. The standard InChI is InChI=1S/C73H144O5/c1-3-5-7-9-11-13-15-17-19-21-23-25-27-29-31-33-35-36-38-40-42-44-46-48-50-52-54-56-58-60-62-64-66-68-73(76)78-71(69-74)70-77-72(75)67-65-63-61-59-57-55-53-51-49-47-45-43-41-39-37-34-32-30-28-26-24-22-20-18-16-14-12-10-8-6-4-2/h71,74H,3-70H2,1-2H3. The molecular weight excluding hydrogens is 957 g/mol. The minimum absolute atomic E-state index is 0.0552. The van der Waals surface area contributed by atoms with E-state index in [1.807, 2.05) is 0 Å². The molecule has 0 amide bonds. The largest absolute Gasteiger partial charge is 0.462 e. The highest BCUT2D eigenvalue weighted by Gasteiger charge is 2.16. The normalized spacial score (nSPS) is 12.0. The Balaban J connectivity index is 3.34. The molecule has 5 nitrogen and oxygen atoms in total. The van der Waals surface area contributed by atoms with E-state index in [0.29, 0.717) is 12.8 Å². The molecule has 0 fully saturated rings. The third kappa shape index (κ3) is 67.4. The summed E-state index contributed by atoms with van der Waals surface area (Å²) in [6.45, 7) is 4.23. The molecule has 0 aliphatic rings. The summed E-state index contributed by atoms with van der Waals surface area (Å²) in [7, 11) is 0. The van der Waals surface area contributed by atoms with Gasteiger partial charge < -0.3 is 14.6 Å². The summed E-state index contributed by atoms with van der Waals surface area (Å²) in [6.07, 6.45) is 88.8. The minimum Gasteiger partial charge on any atom is -0.462 e. The van der Waals surface area contributed by atoms with Crippen LogP contribution in [-0.4, -0.2) is 36.4 Å². The van der Waals surface area contributed by atoms with Gasteiger partial charge in [0.25, 0.3) is 0 Å². The Morgan fingerprint density at radius 1 is 0.244 bits per heavy atom. The van der Waals surface area contributed by atoms with Crippen LogP contribution in [0.5, 0.6) is 0 Å². The number of hydrogen-bond acceptors (Lipinski definition) is 5. The van der Waals surface area contributed by atoms with Crippen LogP contribution in [0, 0.1) is 0 Å². The number of rotatable bonds is 70. The fourth-order valence-electron chi connectivity index (χ4n) is 11.9. The van der Waals surface area contributed by atoms with Crippen LogP contribution in [0.2, 0.25) is 0 Å². The molecule has 0 bridgehead atoms. The summed E-state index contributed by atoms with van der Waals surface area (Å²) >= 11 is 0. The molecule has 0 aliphatic heterocycles. The third-order valence-electron chi connectivity index (χ3n) is 17.4. The first kappa shape index (κ1) is 76.9. The lowest BCUT2D eigenvalue weighted by Crippen LogP contribution is -2.28. The van der Waals surface area contributed by atoms with Gasteiger partial charge >= 0.3 is 11.9 Å². The van der Waals surface area contributed by atoms with Crippen LogP contribution >= 0.6 is 0 Å². The lowest BCUT2D eigenvalue weighted by molar-refractivity contribution is -0.161. The molecule has 0 spiro atoms. The Bertz CT molecular complexity index is 1110. The number of ether oxygens (including phenoxy) is 2. The van der Waals surface area contributed by atoms with Crippen molar-refractivity contribution in [3.63, 3.8) is 0 Å². The summed E-state index contributed by atoms with van der Waals surface area (Å²) < 4.78 is 10.8. The van der Waals surface area contributed by atoms with E-state index in [1.165, 1.54) is 379 Å². The molecule has 0 aromatic heterocycles. The van der Waals surface area contributed by atoms with Crippen molar-refractivity contribution in [2.45, 2.75) is 444 Å². The highest BCUT2D eigenvalue weighted by atomic mass is 16.6. The first-order valence-corrected chi connectivity index (χ1v) is 36.6. The van der Waals surface area contributed by atoms with Gasteiger partial charge in [-0.05, 0) is 12.8 Å². The quantitative estimate of drug-likeness (QED) is 0.0485. The summed E-state index contributed by atoms with van der Waals surface area (Å²) in [5.74, 6) is -0.557. The van der Waals surface area contributed by atoms with Crippen molar-refractivity contribution in [2.75, 3.05) is 13.2 Å². The number of carbonyl (C=O) groups is 2. The molecule has 0 rings (SSSR count). The molecular formula is C73H144O5. The van der Waals surface area contributed by atoms with Gasteiger partial charge in [0, 0.05) is 12.8 Å². The van der Waals surface area contributed by atoms with Crippen molar-refractivity contribution in [2.24, 2.45) is 0 Å². The van der Waals surface area contributed by atoms with Crippen molar-refractivity contribution >= 4 is 11.9 Å². The molecule has 0 heterocycles. The van der Waals surface area contributed by atoms with Crippen LogP contribution in [0.25, 0.3) is 0 Å². The van der Waals surface area contributed by atoms with E-state index in [4.69, 9.17) is 9.47 Å². The molecule has 0 radical (unpaired) electrons. The fraction of sp³-hybridized carbons (Fsp3) is 0.973. The topological polar surface area (TPSA) is 72.8 Å². The maximum Gasteiger partial charge on any atom is 0.306 e. The number of esters is 2. The van der Waals surface area contributed by atoms with Gasteiger partial charge in [-0.3, -0.25) is 9.59 Å². The first-order chi connectivity index (χ1) is 38.6. The second kappa shape index (κ2) is 70.2. The molecule has 5 heteroatoms. The third-order valence-corrected chi connectivity index (χ3v) is 17.4. The van der Waals surface area contributed by atoms with Gasteiger partial charge in [-0.25, -0.2) is 0 Å². The van der Waals surface area contributed by atoms with Crippen molar-refractivity contribution < 1.29 is 24.2 Å². The molecule has 0 saturated heterocycles. The summed E-state index contributed by atoms with van der Waals surface area (Å²) in [5.41, 5.74) is 0. The Morgan fingerprint density at radius 3 is 0.564 bits per heavy atom. The second-order valence-electron chi connectivity index (χ2n) is 25.4. The van der Waals surface area contributed by atoms with Crippen molar-refractivity contribution in [1.29, 1.82) is 0 Å². The zero-order valence-electron chi connectivity index (χ0n) is 53.7. The van der Waals surface area contributed by atoms with E-state index < -0.39 is 6.10 Å². The van der Waals surface area contributed by atoms with Crippen LogP contribution in [0.3, 0.4) is 0 Å². The lowest BCUT2D eigenvalue weighted by Gasteiger charge is -2.15. The van der Waals surface area contributed by atoms with Crippen molar-refractivity contribution in [3.05, 3.63) is 0 Å². The molecule has 1 unspecified atom stereocenters. The molecule has 1 atom stereocenters. The number of unbranched alkanes of at least 4 members (excludes halogenated alkanes) is 62. The fourth-order valence-corrected chi connectivity index (χ4v) is 11.9. The number of aliphatic hydroxyl groups is 1. The van der Waals surface area contributed by atoms with Gasteiger partial charge in [-0.1, -0.05) is 412 Å². The van der Waals surface area contributed by atoms with Crippen molar-refractivity contribution in [3.8, 4) is 0 Å². The van der Waals surface area contributed by atoms with Crippen molar-refractivity contribution in [1.82, 2.24) is 0 Å². The highest BCUT2D eigenvalue weighted by Crippen LogP contribution is 2.20. The van der Waals surface area contributed by atoms with Gasteiger partial charge in [0.15, 0.2) is 6.10 Å². The molecule has 0 saturated carbocycles. The Hall–Kier alpha value is -1.10. The summed E-state index contributed by atoms with van der Waals surface area (Å²) in [4.78, 5) is 24.7. The Kier molecular flexibility index (Phi) is 69.2. The van der Waals surface area contributed by atoms with Gasteiger partial charge in [0.2, 0.25) is 0 Å². The maximum absolute atomic E-state index is 12.4. The van der Waals surface area contributed by atoms with Gasteiger partial charge in [0.05, 0.1) is 6.61 Å². The van der Waals surface area contributed by atoms with E-state index in [-0.39, 0.29) is 25.2 Å². The number of hydrogen-bond donors (Lipinski definition) is 1. The van der Waals surface area contributed by atoms with Crippen LogP contribution in [-0.2, 0) is 19.1 Å². The smallest absolute Gasteiger partial charge is 0.306 e. The number of carbonyl (C=O) groups excluding carboxylic acids is 2. The zero-order valence-corrected chi connectivity index (χ0v) is 53.7.